The van der Waals surface area contributed by atoms with Gasteiger partial charge in [0.1, 0.15) is 12.6 Å². The van der Waals surface area contributed by atoms with Crippen molar-refractivity contribution in [3.8, 4) is 0 Å². The van der Waals surface area contributed by atoms with Gasteiger partial charge in [0, 0.05) is 24.2 Å². The molecule has 0 radical (unpaired) electrons. The number of hydrogen-bond acceptors (Lipinski definition) is 6. The summed E-state index contributed by atoms with van der Waals surface area (Å²) in [5.74, 6) is -0.956. The van der Waals surface area contributed by atoms with Crippen LogP contribution in [0, 0.1) is 24.0 Å². The Morgan fingerprint density at radius 3 is 2.27 bits per heavy atom. The van der Waals surface area contributed by atoms with Crippen molar-refractivity contribution in [1.82, 2.24) is 10.2 Å². The van der Waals surface area contributed by atoms with Gasteiger partial charge in [-0.1, -0.05) is 42.8 Å². The van der Waals surface area contributed by atoms with Gasteiger partial charge in [-0.05, 0) is 52.2 Å². The maximum absolute atomic E-state index is 13.8. The van der Waals surface area contributed by atoms with Gasteiger partial charge in [-0.2, -0.15) is 0 Å². The van der Waals surface area contributed by atoms with Crippen molar-refractivity contribution < 1.29 is 22.9 Å². The zero-order valence-electron chi connectivity index (χ0n) is 22.4. The fourth-order valence-corrected chi connectivity index (χ4v) is 4.85. The van der Waals surface area contributed by atoms with Crippen LogP contribution in [0.5, 0.6) is 0 Å². The fourth-order valence-electron chi connectivity index (χ4n) is 3.95. The number of nitrogens with one attached hydrogen (secondary N) is 1. The highest BCUT2D eigenvalue weighted by atomic mass is 32.2. The van der Waals surface area contributed by atoms with Crippen molar-refractivity contribution in [2.75, 3.05) is 17.1 Å². The van der Waals surface area contributed by atoms with Crippen LogP contribution in [0.15, 0.2) is 42.5 Å². The maximum Gasteiger partial charge on any atom is 0.271 e. The topological polar surface area (TPSA) is 130 Å². The first-order valence-electron chi connectivity index (χ1n) is 11.9. The number of anilines is 1. The molecule has 11 heteroatoms. The molecular weight excluding hydrogens is 496 g/mol. The summed E-state index contributed by atoms with van der Waals surface area (Å²) in [5, 5.41) is 14.2. The molecule has 1 N–H and O–H groups in total. The Kier molecular flexibility index (Phi) is 9.43. The third kappa shape index (κ3) is 8.28. The van der Waals surface area contributed by atoms with Crippen molar-refractivity contribution in [3.05, 3.63) is 69.3 Å². The fraction of sp³-hybridized carbons (Fsp3) is 0.462. The molecule has 0 unspecified atom stereocenters. The summed E-state index contributed by atoms with van der Waals surface area (Å²) >= 11 is 0. The van der Waals surface area contributed by atoms with Crippen molar-refractivity contribution in [1.29, 1.82) is 0 Å². The Morgan fingerprint density at radius 2 is 1.76 bits per heavy atom. The van der Waals surface area contributed by atoms with Gasteiger partial charge in [0.15, 0.2) is 0 Å². The van der Waals surface area contributed by atoms with Crippen molar-refractivity contribution >= 4 is 33.2 Å². The number of nitro groups is 1. The van der Waals surface area contributed by atoms with Gasteiger partial charge in [-0.3, -0.25) is 24.0 Å². The molecule has 0 saturated carbocycles. The molecule has 37 heavy (non-hydrogen) atoms. The summed E-state index contributed by atoms with van der Waals surface area (Å²) in [6.07, 6.45) is 1.24. The lowest BCUT2D eigenvalue weighted by Gasteiger charge is -2.34. The van der Waals surface area contributed by atoms with E-state index in [0.717, 1.165) is 27.8 Å². The highest BCUT2D eigenvalue weighted by molar-refractivity contribution is 7.92. The zero-order chi connectivity index (χ0) is 28.1. The van der Waals surface area contributed by atoms with Crippen LogP contribution in [-0.4, -0.2) is 54.4 Å². The summed E-state index contributed by atoms with van der Waals surface area (Å²) in [5.41, 5.74) is 1.41. The van der Waals surface area contributed by atoms with Gasteiger partial charge in [0.25, 0.3) is 5.69 Å². The van der Waals surface area contributed by atoms with Gasteiger partial charge in [0.05, 0.1) is 16.9 Å². The van der Waals surface area contributed by atoms with E-state index < -0.39 is 39.0 Å². The monoisotopic (exact) mass is 532 g/mol. The Labute approximate surface area is 218 Å². The molecule has 2 aromatic carbocycles. The molecule has 10 nitrogen and oxygen atoms in total. The van der Waals surface area contributed by atoms with Crippen LogP contribution in [0.3, 0.4) is 0 Å². The van der Waals surface area contributed by atoms with E-state index in [1.54, 1.807) is 13.8 Å². The molecule has 0 bridgehead atoms. The molecule has 0 saturated heterocycles. The first-order valence-corrected chi connectivity index (χ1v) is 13.8. The zero-order valence-corrected chi connectivity index (χ0v) is 23.3. The number of amides is 2. The molecule has 2 rings (SSSR count). The predicted octanol–water partition coefficient (Wildman–Crippen LogP) is 3.70. The standard InChI is InChI=1S/C26H36N4O6S/c1-8-22(25(32)27-26(4,5)6)28(16-20-11-9-10-18(2)14-20)24(31)17-29(37(7,35)36)23-15-21(30(33)34)13-12-19(23)3/h9-15,22H,8,16-17H2,1-7H3,(H,27,32)/t22-/m0/s1. The van der Waals surface area contributed by atoms with Crippen molar-refractivity contribution in [2.24, 2.45) is 0 Å². The summed E-state index contributed by atoms with van der Waals surface area (Å²) in [4.78, 5) is 39.1. The first-order chi connectivity index (χ1) is 17.0. The molecule has 0 aliphatic carbocycles. The summed E-state index contributed by atoms with van der Waals surface area (Å²) < 4.78 is 26.4. The van der Waals surface area contributed by atoms with Gasteiger partial charge in [-0.15, -0.1) is 0 Å². The van der Waals surface area contributed by atoms with E-state index in [1.807, 2.05) is 52.0 Å². The number of carbonyl (C=O) groups excluding carboxylic acids is 2. The molecule has 0 heterocycles. The Bertz CT molecular complexity index is 1270. The summed E-state index contributed by atoms with van der Waals surface area (Å²) in [6, 6.07) is 10.5. The highest BCUT2D eigenvalue weighted by Crippen LogP contribution is 2.28. The number of aryl methyl sites for hydroxylation is 2. The van der Waals surface area contributed by atoms with Crippen LogP contribution >= 0.6 is 0 Å². The number of non-ortho nitro benzene ring substituents is 1. The summed E-state index contributed by atoms with van der Waals surface area (Å²) in [7, 11) is -4.01. The van der Waals surface area contributed by atoms with Crippen LogP contribution in [0.1, 0.15) is 50.8 Å². The van der Waals surface area contributed by atoms with Crippen LogP contribution in [0.2, 0.25) is 0 Å². The van der Waals surface area contributed by atoms with Crippen LogP contribution < -0.4 is 9.62 Å². The third-order valence-corrected chi connectivity index (χ3v) is 6.80. The van der Waals surface area contributed by atoms with E-state index >= 15 is 0 Å². The number of nitrogens with zero attached hydrogens (tertiary/aromatic N) is 3. The molecular formula is C26H36N4O6S. The smallest absolute Gasteiger partial charge is 0.271 e. The Hall–Kier alpha value is -3.47. The molecule has 0 fully saturated rings. The summed E-state index contributed by atoms with van der Waals surface area (Å²) in [6.45, 7) is 10.3. The minimum Gasteiger partial charge on any atom is -0.350 e. The van der Waals surface area contributed by atoms with Gasteiger partial charge >= 0.3 is 0 Å². The lowest BCUT2D eigenvalue weighted by atomic mass is 10.0. The molecule has 202 valence electrons. The molecule has 0 aliphatic heterocycles. The maximum atomic E-state index is 13.8. The number of rotatable bonds is 10. The predicted molar refractivity (Wildman–Crippen MR) is 144 cm³/mol. The Morgan fingerprint density at radius 1 is 1.11 bits per heavy atom. The van der Waals surface area contributed by atoms with Gasteiger partial charge < -0.3 is 10.2 Å². The number of nitro benzene ring substituents is 1. The molecule has 2 amide bonds. The number of sulfonamides is 1. The molecule has 0 spiro atoms. The van der Waals surface area contributed by atoms with E-state index in [2.05, 4.69) is 5.32 Å². The van der Waals surface area contributed by atoms with E-state index in [1.165, 1.54) is 17.0 Å². The number of carbonyl (C=O) groups is 2. The van der Waals surface area contributed by atoms with Gasteiger partial charge in [0.2, 0.25) is 21.8 Å². The first kappa shape index (κ1) is 29.8. The van der Waals surface area contributed by atoms with Crippen LogP contribution in [-0.2, 0) is 26.2 Å². The largest absolute Gasteiger partial charge is 0.350 e. The molecule has 2 aromatic rings. The van der Waals surface area contributed by atoms with E-state index in [9.17, 15) is 28.1 Å². The molecule has 0 aromatic heterocycles. The third-order valence-electron chi connectivity index (χ3n) is 5.67. The van der Waals surface area contributed by atoms with Gasteiger partial charge in [-0.25, -0.2) is 8.42 Å². The number of hydrogen-bond donors (Lipinski definition) is 1. The quantitative estimate of drug-likeness (QED) is 0.367. The van der Waals surface area contributed by atoms with E-state index in [4.69, 9.17) is 0 Å². The molecule has 0 aliphatic rings. The van der Waals surface area contributed by atoms with Crippen LogP contribution in [0.4, 0.5) is 11.4 Å². The second-order valence-corrected chi connectivity index (χ2v) is 12.1. The van der Waals surface area contributed by atoms with E-state index in [0.29, 0.717) is 12.0 Å². The Balaban J connectivity index is 2.55. The minimum absolute atomic E-state index is 0.0350. The lowest BCUT2D eigenvalue weighted by molar-refractivity contribution is -0.384. The second kappa shape index (κ2) is 11.7. The average Bonchev–Trinajstić information content (AvgIpc) is 2.75. The van der Waals surface area contributed by atoms with E-state index in [-0.39, 0.29) is 23.8 Å². The second-order valence-electron chi connectivity index (χ2n) is 10.2. The van der Waals surface area contributed by atoms with Crippen molar-refractivity contribution in [2.45, 2.75) is 66.1 Å². The highest BCUT2D eigenvalue weighted by Gasteiger charge is 2.33. The lowest BCUT2D eigenvalue weighted by Crippen LogP contribution is -2.55. The molecule has 1 atom stereocenters. The average molecular weight is 533 g/mol. The minimum atomic E-state index is -4.01. The van der Waals surface area contributed by atoms with Crippen LogP contribution in [0.25, 0.3) is 0 Å². The normalized spacial score (nSPS) is 12.5. The number of benzene rings is 2. The SMILES string of the molecule is CC[C@@H](C(=O)NC(C)(C)C)N(Cc1cccc(C)c1)C(=O)CN(c1cc([N+](=O)[O-])ccc1C)S(C)(=O)=O. The van der Waals surface area contributed by atoms with Crippen molar-refractivity contribution in [3.63, 3.8) is 0 Å².